The summed E-state index contributed by atoms with van der Waals surface area (Å²) < 4.78 is 1.67. The molecule has 3 heterocycles. The summed E-state index contributed by atoms with van der Waals surface area (Å²) in [7, 11) is 1.82. The molecule has 9 heteroatoms. The highest BCUT2D eigenvalue weighted by atomic mass is 35.5. The van der Waals surface area contributed by atoms with Crippen LogP contribution in [-0.2, 0) is 31.2 Å². The highest BCUT2D eigenvalue weighted by Crippen LogP contribution is 2.30. The Bertz CT molecular complexity index is 1410. The number of fused-ring (bicyclic) bond motifs is 2. The second-order valence-corrected chi connectivity index (χ2v) is 9.19. The van der Waals surface area contributed by atoms with E-state index in [2.05, 4.69) is 38.6 Å². The third kappa shape index (κ3) is 4.17. The van der Waals surface area contributed by atoms with E-state index in [1.807, 2.05) is 37.9 Å². The van der Waals surface area contributed by atoms with Crippen LogP contribution in [0, 0.1) is 13.8 Å². The number of carbonyl (C=O) groups excluding carboxylic acids is 1. The number of halogens is 1. The van der Waals surface area contributed by atoms with E-state index in [4.69, 9.17) is 17.3 Å². The largest absolute Gasteiger partial charge is 0.399 e. The molecule has 8 nitrogen and oxygen atoms in total. The maximum Gasteiger partial charge on any atom is 0.227 e. The van der Waals surface area contributed by atoms with Crippen molar-refractivity contribution in [3.63, 3.8) is 0 Å². The van der Waals surface area contributed by atoms with Gasteiger partial charge < -0.3 is 16.0 Å². The smallest absolute Gasteiger partial charge is 0.227 e. The van der Waals surface area contributed by atoms with Gasteiger partial charge in [-0.15, -0.1) is 0 Å². The van der Waals surface area contributed by atoms with Crippen molar-refractivity contribution >= 4 is 45.7 Å². The number of hydrogen-bond donors (Lipinski definition) is 2. The molecule has 0 atom stereocenters. The number of aromatic nitrogens is 4. The Morgan fingerprint density at radius 2 is 1.94 bits per heavy atom. The zero-order valence-corrected chi connectivity index (χ0v) is 20.1. The van der Waals surface area contributed by atoms with Crippen LogP contribution in [-0.4, -0.2) is 37.1 Å². The molecule has 34 heavy (non-hydrogen) atoms. The van der Waals surface area contributed by atoms with Crippen molar-refractivity contribution in [2.45, 2.75) is 33.2 Å². The van der Waals surface area contributed by atoms with Gasteiger partial charge in [0.2, 0.25) is 11.2 Å². The first-order valence-corrected chi connectivity index (χ1v) is 11.5. The maximum absolute atomic E-state index is 13.1. The van der Waals surface area contributed by atoms with Gasteiger partial charge in [-0.25, -0.2) is 9.67 Å². The van der Waals surface area contributed by atoms with Crippen LogP contribution in [0.2, 0.25) is 5.28 Å². The number of amides is 1. The minimum Gasteiger partial charge on any atom is -0.399 e. The van der Waals surface area contributed by atoms with Crippen LogP contribution in [0.5, 0.6) is 0 Å². The van der Waals surface area contributed by atoms with E-state index in [1.54, 1.807) is 10.9 Å². The van der Waals surface area contributed by atoms with Gasteiger partial charge in [0, 0.05) is 37.7 Å². The molecule has 5 rings (SSSR count). The van der Waals surface area contributed by atoms with Crippen LogP contribution in [0.3, 0.4) is 0 Å². The van der Waals surface area contributed by atoms with Gasteiger partial charge in [0.25, 0.3) is 0 Å². The SMILES string of the molecule is Cc1cc(CC(=O)N2CCc3ccc(N)cc3C2)cc(C)c1Nc1nn(C)c2nc(Cl)ncc12. The van der Waals surface area contributed by atoms with Gasteiger partial charge >= 0.3 is 0 Å². The molecule has 1 aliphatic heterocycles. The summed E-state index contributed by atoms with van der Waals surface area (Å²) in [6.07, 6.45) is 2.88. The highest BCUT2D eigenvalue weighted by molar-refractivity contribution is 6.28. The Labute approximate surface area is 202 Å². The monoisotopic (exact) mass is 475 g/mol. The van der Waals surface area contributed by atoms with E-state index in [9.17, 15) is 4.79 Å². The molecule has 174 valence electrons. The van der Waals surface area contributed by atoms with Gasteiger partial charge in [-0.1, -0.05) is 18.2 Å². The summed E-state index contributed by atoms with van der Waals surface area (Å²) in [5, 5.41) is 8.93. The quantitative estimate of drug-likeness (QED) is 0.340. The molecule has 0 fully saturated rings. The molecule has 0 spiro atoms. The number of rotatable bonds is 4. The Kier molecular flexibility index (Phi) is 5.61. The first-order chi connectivity index (χ1) is 16.3. The second-order valence-electron chi connectivity index (χ2n) is 8.85. The fourth-order valence-corrected chi connectivity index (χ4v) is 4.79. The van der Waals surface area contributed by atoms with Gasteiger partial charge in [-0.3, -0.25) is 4.79 Å². The van der Waals surface area contributed by atoms with E-state index in [1.165, 1.54) is 5.56 Å². The first kappa shape index (κ1) is 22.2. The number of carbonyl (C=O) groups is 1. The van der Waals surface area contributed by atoms with Gasteiger partial charge in [-0.05, 0) is 71.8 Å². The van der Waals surface area contributed by atoms with Gasteiger partial charge in [0.15, 0.2) is 11.5 Å². The van der Waals surface area contributed by atoms with Crippen LogP contribution in [0.15, 0.2) is 36.5 Å². The number of nitrogens with one attached hydrogen (secondary N) is 1. The van der Waals surface area contributed by atoms with Crippen molar-refractivity contribution < 1.29 is 4.79 Å². The van der Waals surface area contributed by atoms with Crippen LogP contribution < -0.4 is 11.1 Å². The van der Waals surface area contributed by atoms with Crippen LogP contribution in [0.25, 0.3) is 11.0 Å². The van der Waals surface area contributed by atoms with Crippen molar-refractivity contribution in [1.82, 2.24) is 24.6 Å². The molecule has 2 aromatic carbocycles. The van der Waals surface area contributed by atoms with Crippen molar-refractivity contribution in [3.05, 3.63) is 69.6 Å². The molecule has 0 radical (unpaired) electrons. The molecule has 0 saturated heterocycles. The van der Waals surface area contributed by atoms with E-state index in [-0.39, 0.29) is 11.2 Å². The van der Waals surface area contributed by atoms with Crippen molar-refractivity contribution in [1.29, 1.82) is 0 Å². The zero-order valence-electron chi connectivity index (χ0n) is 19.4. The predicted octanol–water partition coefficient (Wildman–Crippen LogP) is 4.09. The lowest BCUT2D eigenvalue weighted by Crippen LogP contribution is -2.37. The Balaban J connectivity index is 1.34. The molecule has 1 amide bonds. The Morgan fingerprint density at radius 1 is 1.18 bits per heavy atom. The molecular formula is C25H26ClN7O. The van der Waals surface area contributed by atoms with Crippen molar-refractivity contribution in [3.8, 4) is 0 Å². The predicted molar refractivity (Wildman–Crippen MR) is 134 cm³/mol. The molecule has 3 N–H and O–H groups in total. The molecule has 0 aliphatic carbocycles. The number of benzene rings is 2. The van der Waals surface area contributed by atoms with Crippen molar-refractivity contribution in [2.75, 3.05) is 17.6 Å². The van der Waals surface area contributed by atoms with Gasteiger partial charge in [0.05, 0.1) is 11.8 Å². The number of aryl methyl sites for hydroxylation is 3. The third-order valence-corrected chi connectivity index (χ3v) is 6.52. The molecule has 0 unspecified atom stereocenters. The average Bonchev–Trinajstić information content (AvgIpc) is 3.10. The summed E-state index contributed by atoms with van der Waals surface area (Å²) >= 11 is 5.94. The van der Waals surface area contributed by atoms with E-state index < -0.39 is 0 Å². The average molecular weight is 476 g/mol. The zero-order chi connectivity index (χ0) is 24.0. The third-order valence-electron chi connectivity index (χ3n) is 6.34. The lowest BCUT2D eigenvalue weighted by Gasteiger charge is -2.29. The molecule has 4 aromatic rings. The highest BCUT2D eigenvalue weighted by Gasteiger charge is 2.22. The Morgan fingerprint density at radius 3 is 2.71 bits per heavy atom. The van der Waals surface area contributed by atoms with Gasteiger partial charge in [0.1, 0.15) is 0 Å². The molecule has 0 saturated carbocycles. The Hall–Kier alpha value is -3.65. The van der Waals surface area contributed by atoms with E-state index >= 15 is 0 Å². The molecule has 0 bridgehead atoms. The topological polar surface area (TPSA) is 102 Å². The summed E-state index contributed by atoms with van der Waals surface area (Å²) in [5.41, 5.74) is 13.8. The summed E-state index contributed by atoms with van der Waals surface area (Å²) in [6.45, 7) is 5.39. The minimum absolute atomic E-state index is 0.123. The van der Waals surface area contributed by atoms with Crippen LogP contribution in [0.4, 0.5) is 17.2 Å². The standard InChI is InChI=1S/C25H26ClN7O/c1-14-8-16(10-21(34)33-7-6-17-4-5-19(27)11-18(17)13-33)9-15(2)22(14)29-23-20-12-28-25(26)30-24(20)32(3)31-23/h4-5,8-9,11-12H,6-7,10,13,27H2,1-3H3,(H,29,31). The van der Waals surface area contributed by atoms with Gasteiger partial charge in [-0.2, -0.15) is 10.1 Å². The number of hydrogen-bond acceptors (Lipinski definition) is 6. The normalized spacial score (nSPS) is 13.2. The summed E-state index contributed by atoms with van der Waals surface area (Å²) in [6, 6.07) is 10.1. The molecule has 2 aromatic heterocycles. The summed E-state index contributed by atoms with van der Waals surface area (Å²) in [5.74, 6) is 0.785. The number of nitrogens with two attached hydrogens (primary N) is 1. The lowest BCUT2D eigenvalue weighted by atomic mass is 9.97. The van der Waals surface area contributed by atoms with Crippen LogP contribution >= 0.6 is 11.6 Å². The molecule has 1 aliphatic rings. The first-order valence-electron chi connectivity index (χ1n) is 11.2. The van der Waals surface area contributed by atoms with Crippen molar-refractivity contribution in [2.24, 2.45) is 7.05 Å². The lowest BCUT2D eigenvalue weighted by molar-refractivity contribution is -0.131. The fraction of sp³-hybridized carbons (Fsp3) is 0.280. The second kappa shape index (κ2) is 8.61. The number of nitrogen functional groups attached to an aromatic ring is 1. The van der Waals surface area contributed by atoms with Crippen LogP contribution in [0.1, 0.15) is 27.8 Å². The number of nitrogens with zero attached hydrogens (tertiary/aromatic N) is 5. The maximum atomic E-state index is 13.1. The van der Waals surface area contributed by atoms with E-state index in [0.29, 0.717) is 24.4 Å². The minimum atomic E-state index is 0.123. The number of anilines is 3. The fourth-order valence-electron chi connectivity index (χ4n) is 4.66. The van der Waals surface area contributed by atoms with E-state index in [0.717, 1.165) is 52.0 Å². The summed E-state index contributed by atoms with van der Waals surface area (Å²) in [4.78, 5) is 23.3. The molecular weight excluding hydrogens is 450 g/mol.